The molecule has 0 radical (unpaired) electrons. The summed E-state index contributed by atoms with van der Waals surface area (Å²) in [5.74, 6) is -0.437. The Hall–Kier alpha value is -3.13. The van der Waals surface area contributed by atoms with Crippen LogP contribution in [0.2, 0.25) is 0 Å². The molecular weight excluding hydrogens is 448 g/mol. The van der Waals surface area contributed by atoms with E-state index in [0.29, 0.717) is 37.3 Å². The summed E-state index contributed by atoms with van der Waals surface area (Å²) in [7, 11) is 0. The minimum atomic E-state index is -0.187. The number of hydrogen-bond donors (Lipinski definition) is 2. The highest BCUT2D eigenvalue weighted by Crippen LogP contribution is 2.21. The highest BCUT2D eigenvalue weighted by Gasteiger charge is 2.22. The molecule has 1 fully saturated rings. The monoisotopic (exact) mass is 468 g/mol. The van der Waals surface area contributed by atoms with Gasteiger partial charge >= 0.3 is 0 Å². The van der Waals surface area contributed by atoms with Crippen LogP contribution in [0.1, 0.15) is 16.8 Å². The van der Waals surface area contributed by atoms with Crippen LogP contribution in [0.25, 0.3) is 10.9 Å². The number of aryl methyl sites for hydroxylation is 1. The molecule has 1 saturated heterocycles. The first kappa shape index (κ1) is 20.2. The molecule has 0 saturated carbocycles. The second-order valence-electron chi connectivity index (χ2n) is 7.16. The van der Waals surface area contributed by atoms with E-state index in [0.717, 1.165) is 15.4 Å². The molecule has 0 spiro atoms. The summed E-state index contributed by atoms with van der Waals surface area (Å²) in [4.78, 5) is 37.8. The van der Waals surface area contributed by atoms with Crippen LogP contribution in [0, 0.1) is 0 Å². The number of carbonyl (C=O) groups excluding carboxylic acids is 3. The van der Waals surface area contributed by atoms with Gasteiger partial charge in [-0.1, -0.05) is 22.0 Å². The van der Waals surface area contributed by atoms with Crippen LogP contribution in [-0.4, -0.2) is 46.8 Å². The quantitative estimate of drug-likeness (QED) is 0.603. The Morgan fingerprint density at radius 2 is 1.90 bits per heavy atom. The molecule has 0 bridgehead atoms. The van der Waals surface area contributed by atoms with E-state index in [2.05, 4.69) is 31.1 Å². The molecule has 0 aliphatic carbocycles. The van der Waals surface area contributed by atoms with E-state index < -0.39 is 0 Å². The van der Waals surface area contributed by atoms with Crippen LogP contribution in [0.4, 0.5) is 5.69 Å². The molecule has 1 aromatic heterocycles. The molecule has 0 atom stereocenters. The van der Waals surface area contributed by atoms with Crippen molar-refractivity contribution >= 4 is 50.2 Å². The Kier molecular flexibility index (Phi) is 5.85. The fraction of sp³-hybridized carbons (Fsp3) is 0.227. The normalized spacial score (nSPS) is 13.9. The summed E-state index contributed by atoms with van der Waals surface area (Å²) in [5.41, 5.74) is 2.20. The van der Waals surface area contributed by atoms with E-state index in [4.69, 9.17) is 0 Å². The lowest BCUT2D eigenvalue weighted by Crippen LogP contribution is -2.49. The Morgan fingerprint density at radius 3 is 2.67 bits per heavy atom. The summed E-state index contributed by atoms with van der Waals surface area (Å²) < 4.78 is 3.05. The van der Waals surface area contributed by atoms with Gasteiger partial charge in [0.05, 0.1) is 6.54 Å². The third-order valence-electron chi connectivity index (χ3n) is 5.06. The second kappa shape index (κ2) is 8.71. The van der Waals surface area contributed by atoms with Crippen molar-refractivity contribution in [1.29, 1.82) is 0 Å². The Balaban J connectivity index is 1.33. The number of piperazine rings is 1. The number of halogens is 1. The van der Waals surface area contributed by atoms with Crippen LogP contribution >= 0.6 is 15.9 Å². The van der Waals surface area contributed by atoms with E-state index >= 15 is 0 Å². The van der Waals surface area contributed by atoms with Gasteiger partial charge in [-0.2, -0.15) is 0 Å². The number of fused-ring (bicyclic) bond motifs is 1. The number of aromatic nitrogens is 1. The van der Waals surface area contributed by atoms with Crippen molar-refractivity contribution in [2.24, 2.45) is 0 Å². The molecule has 2 heterocycles. The summed E-state index contributed by atoms with van der Waals surface area (Å²) >= 11 is 3.48. The second-order valence-corrected chi connectivity index (χ2v) is 8.08. The molecule has 2 N–H and O–H groups in total. The van der Waals surface area contributed by atoms with Gasteiger partial charge in [0.1, 0.15) is 0 Å². The zero-order valence-corrected chi connectivity index (χ0v) is 17.8. The molecule has 1 aliphatic heterocycles. The van der Waals surface area contributed by atoms with E-state index in [-0.39, 0.29) is 24.3 Å². The van der Waals surface area contributed by atoms with Crippen LogP contribution in [0.5, 0.6) is 0 Å². The minimum absolute atomic E-state index is 0.0714. The van der Waals surface area contributed by atoms with Crippen molar-refractivity contribution in [2.45, 2.75) is 13.0 Å². The van der Waals surface area contributed by atoms with Gasteiger partial charge in [-0.05, 0) is 47.9 Å². The topological polar surface area (TPSA) is 83.4 Å². The van der Waals surface area contributed by atoms with Crippen molar-refractivity contribution in [2.75, 3.05) is 25.0 Å². The average Bonchev–Trinajstić information content (AvgIpc) is 3.14. The van der Waals surface area contributed by atoms with Crippen LogP contribution in [0.15, 0.2) is 59.2 Å². The van der Waals surface area contributed by atoms with Gasteiger partial charge in [0, 0.05) is 53.5 Å². The molecular formula is C22H21BrN4O3. The SMILES string of the molecule is O=C1CN(C(=O)c2ccc(NC(=O)CCn3ccc4ccc(Br)cc43)cc2)CCN1. The van der Waals surface area contributed by atoms with Gasteiger partial charge in [0.2, 0.25) is 11.8 Å². The predicted molar refractivity (Wildman–Crippen MR) is 118 cm³/mol. The third kappa shape index (κ3) is 4.54. The van der Waals surface area contributed by atoms with Crippen LogP contribution in [-0.2, 0) is 16.1 Å². The average molecular weight is 469 g/mol. The maximum absolute atomic E-state index is 12.5. The standard InChI is InChI=1S/C22H21BrN4O3/c23-17-4-1-15-7-10-26(19(15)13-17)11-8-20(28)25-18-5-2-16(3-6-18)22(30)27-12-9-24-21(29)14-27/h1-7,10,13H,8-9,11-12,14H2,(H,24,29)(H,25,28). The maximum Gasteiger partial charge on any atom is 0.254 e. The van der Waals surface area contributed by atoms with Crippen LogP contribution in [0.3, 0.4) is 0 Å². The molecule has 0 unspecified atom stereocenters. The zero-order valence-electron chi connectivity index (χ0n) is 16.2. The number of benzene rings is 2. The Bertz CT molecular complexity index is 1110. The lowest BCUT2D eigenvalue weighted by Gasteiger charge is -2.26. The highest BCUT2D eigenvalue weighted by atomic mass is 79.9. The first-order valence-corrected chi connectivity index (χ1v) is 10.5. The van der Waals surface area contributed by atoms with Gasteiger partial charge < -0.3 is 20.1 Å². The molecule has 30 heavy (non-hydrogen) atoms. The van der Waals surface area contributed by atoms with Gasteiger partial charge in [-0.3, -0.25) is 14.4 Å². The Morgan fingerprint density at radius 1 is 1.10 bits per heavy atom. The number of nitrogens with zero attached hydrogens (tertiary/aromatic N) is 2. The molecule has 3 amide bonds. The summed E-state index contributed by atoms with van der Waals surface area (Å²) in [6.45, 7) is 1.60. The van der Waals surface area contributed by atoms with Crippen molar-refractivity contribution in [1.82, 2.24) is 14.8 Å². The van der Waals surface area contributed by atoms with E-state index in [1.54, 1.807) is 24.3 Å². The number of hydrogen-bond acceptors (Lipinski definition) is 3. The molecule has 2 aromatic carbocycles. The van der Waals surface area contributed by atoms with Crippen molar-refractivity contribution in [3.63, 3.8) is 0 Å². The number of nitrogens with one attached hydrogen (secondary N) is 2. The van der Waals surface area contributed by atoms with Gasteiger partial charge in [-0.15, -0.1) is 0 Å². The van der Waals surface area contributed by atoms with Crippen molar-refractivity contribution in [3.8, 4) is 0 Å². The van der Waals surface area contributed by atoms with Crippen LogP contribution < -0.4 is 10.6 Å². The maximum atomic E-state index is 12.5. The predicted octanol–water partition coefficient (Wildman–Crippen LogP) is 3.00. The fourth-order valence-corrected chi connectivity index (χ4v) is 3.84. The summed E-state index contributed by atoms with van der Waals surface area (Å²) in [5, 5.41) is 6.69. The number of rotatable bonds is 5. The number of anilines is 1. The first-order chi connectivity index (χ1) is 14.5. The summed E-state index contributed by atoms with van der Waals surface area (Å²) in [6.07, 6.45) is 2.31. The number of amides is 3. The summed E-state index contributed by atoms with van der Waals surface area (Å²) in [6, 6.07) is 14.8. The molecule has 4 rings (SSSR count). The van der Waals surface area contributed by atoms with Crippen molar-refractivity contribution < 1.29 is 14.4 Å². The number of carbonyl (C=O) groups is 3. The van der Waals surface area contributed by atoms with E-state index in [1.165, 1.54) is 4.90 Å². The first-order valence-electron chi connectivity index (χ1n) is 9.70. The molecule has 8 heteroatoms. The van der Waals surface area contributed by atoms with Gasteiger partial charge in [0.25, 0.3) is 5.91 Å². The van der Waals surface area contributed by atoms with Gasteiger partial charge in [-0.25, -0.2) is 0 Å². The Labute approximate surface area is 182 Å². The minimum Gasteiger partial charge on any atom is -0.353 e. The third-order valence-corrected chi connectivity index (χ3v) is 5.55. The molecule has 7 nitrogen and oxygen atoms in total. The molecule has 154 valence electrons. The molecule has 1 aliphatic rings. The highest BCUT2D eigenvalue weighted by molar-refractivity contribution is 9.10. The lowest BCUT2D eigenvalue weighted by molar-refractivity contribution is -0.123. The zero-order chi connectivity index (χ0) is 21.1. The fourth-order valence-electron chi connectivity index (χ4n) is 3.49. The largest absolute Gasteiger partial charge is 0.353 e. The van der Waals surface area contributed by atoms with E-state index in [9.17, 15) is 14.4 Å². The van der Waals surface area contributed by atoms with Crippen molar-refractivity contribution in [3.05, 3.63) is 64.8 Å². The van der Waals surface area contributed by atoms with Gasteiger partial charge in [0.15, 0.2) is 0 Å². The molecule has 3 aromatic rings. The van der Waals surface area contributed by atoms with E-state index in [1.807, 2.05) is 30.5 Å². The smallest absolute Gasteiger partial charge is 0.254 e. The lowest BCUT2D eigenvalue weighted by atomic mass is 10.1.